The molecule has 0 atom stereocenters. The van der Waals surface area contributed by atoms with Crippen molar-refractivity contribution in [2.45, 2.75) is 19.6 Å². The molecule has 0 unspecified atom stereocenters. The van der Waals surface area contributed by atoms with E-state index in [0.29, 0.717) is 13.1 Å². The number of aromatic amines is 1. The third-order valence-electron chi connectivity index (χ3n) is 3.55. The Morgan fingerprint density at radius 2 is 1.71 bits per heavy atom. The highest BCUT2D eigenvalue weighted by Gasteiger charge is 2.13. The second-order valence-corrected chi connectivity index (χ2v) is 6.51. The smallest absolute Gasteiger partial charge is 0.180 e. The highest BCUT2D eigenvalue weighted by Crippen LogP contribution is 2.27. The van der Waals surface area contributed by atoms with Crippen molar-refractivity contribution < 1.29 is 8.83 Å². The van der Waals surface area contributed by atoms with Gasteiger partial charge in [0.05, 0.1) is 22.0 Å². The van der Waals surface area contributed by atoms with E-state index in [9.17, 15) is 0 Å². The first-order chi connectivity index (χ1) is 11.9. The first-order valence-electron chi connectivity index (χ1n) is 7.42. The summed E-state index contributed by atoms with van der Waals surface area (Å²) < 4.78 is 10.1. The molecule has 122 valence electrons. The standard InChI is InChI=1S/C16H15N5O2S/c1-2-16(15-3-4-19-20-15)24-14(1)7-21(5-12-8-22-10-17-12)6-13-9-23-11-18-13/h1-4,8-11H,5-7H2,(H,19,20). The lowest BCUT2D eigenvalue weighted by atomic mass is 10.3. The van der Waals surface area contributed by atoms with Crippen LogP contribution in [-0.4, -0.2) is 25.1 Å². The van der Waals surface area contributed by atoms with Crippen molar-refractivity contribution in [3.63, 3.8) is 0 Å². The first kappa shape index (κ1) is 14.9. The molecule has 0 amide bonds. The van der Waals surface area contributed by atoms with Crippen LogP contribution in [0.25, 0.3) is 10.6 Å². The van der Waals surface area contributed by atoms with Crippen molar-refractivity contribution in [2.24, 2.45) is 0 Å². The van der Waals surface area contributed by atoms with Gasteiger partial charge in [0.2, 0.25) is 0 Å². The van der Waals surface area contributed by atoms with E-state index >= 15 is 0 Å². The third kappa shape index (κ3) is 3.44. The van der Waals surface area contributed by atoms with E-state index in [4.69, 9.17) is 8.83 Å². The molecule has 0 saturated carbocycles. The number of nitrogens with zero attached hydrogens (tertiary/aromatic N) is 4. The van der Waals surface area contributed by atoms with E-state index < -0.39 is 0 Å². The molecule has 24 heavy (non-hydrogen) atoms. The van der Waals surface area contributed by atoms with Gasteiger partial charge in [-0.2, -0.15) is 5.10 Å². The fourth-order valence-corrected chi connectivity index (χ4v) is 3.50. The van der Waals surface area contributed by atoms with Crippen LogP contribution in [0.4, 0.5) is 0 Å². The minimum atomic E-state index is 0.681. The monoisotopic (exact) mass is 341 g/mol. The lowest BCUT2D eigenvalue weighted by molar-refractivity contribution is 0.243. The molecule has 0 aliphatic heterocycles. The lowest BCUT2D eigenvalue weighted by Crippen LogP contribution is -2.22. The summed E-state index contributed by atoms with van der Waals surface area (Å²) in [6.45, 7) is 2.15. The minimum Gasteiger partial charge on any atom is -0.451 e. The summed E-state index contributed by atoms with van der Waals surface area (Å²) in [6, 6.07) is 6.22. The minimum absolute atomic E-state index is 0.681. The molecule has 4 aromatic rings. The lowest BCUT2D eigenvalue weighted by Gasteiger charge is -2.19. The van der Waals surface area contributed by atoms with Crippen LogP contribution in [0.1, 0.15) is 16.3 Å². The summed E-state index contributed by atoms with van der Waals surface area (Å²) in [5.74, 6) is 0. The van der Waals surface area contributed by atoms with Crippen molar-refractivity contribution in [3.8, 4) is 10.6 Å². The number of thiophene rings is 1. The molecule has 0 saturated heterocycles. The molecule has 0 aromatic carbocycles. The highest BCUT2D eigenvalue weighted by molar-refractivity contribution is 7.15. The number of hydrogen-bond acceptors (Lipinski definition) is 7. The van der Waals surface area contributed by atoms with E-state index in [0.717, 1.165) is 23.6 Å². The van der Waals surface area contributed by atoms with Gasteiger partial charge < -0.3 is 8.83 Å². The van der Waals surface area contributed by atoms with Crippen LogP contribution in [0.5, 0.6) is 0 Å². The van der Waals surface area contributed by atoms with Crippen LogP contribution < -0.4 is 0 Å². The van der Waals surface area contributed by atoms with Crippen molar-refractivity contribution >= 4 is 11.3 Å². The molecule has 4 rings (SSSR count). The Kier molecular flexibility index (Phi) is 4.22. The normalized spacial score (nSPS) is 11.4. The number of rotatable bonds is 7. The molecule has 0 spiro atoms. The fourth-order valence-electron chi connectivity index (χ4n) is 2.48. The Hall–Kier alpha value is -2.71. The maximum atomic E-state index is 5.07. The van der Waals surface area contributed by atoms with E-state index in [-0.39, 0.29) is 0 Å². The largest absolute Gasteiger partial charge is 0.451 e. The Morgan fingerprint density at radius 3 is 2.29 bits per heavy atom. The molecule has 4 aromatic heterocycles. The van der Waals surface area contributed by atoms with Gasteiger partial charge in [0.15, 0.2) is 12.8 Å². The molecule has 0 bridgehead atoms. The van der Waals surface area contributed by atoms with Crippen molar-refractivity contribution in [1.29, 1.82) is 0 Å². The van der Waals surface area contributed by atoms with Gasteiger partial charge in [0, 0.05) is 30.7 Å². The Bertz CT molecular complexity index is 816. The Balaban J connectivity index is 1.50. The van der Waals surface area contributed by atoms with Gasteiger partial charge in [-0.1, -0.05) is 0 Å². The average molecular weight is 341 g/mol. The van der Waals surface area contributed by atoms with Crippen molar-refractivity contribution in [2.75, 3.05) is 0 Å². The fraction of sp³-hybridized carbons (Fsp3) is 0.188. The van der Waals surface area contributed by atoms with E-state index in [1.165, 1.54) is 22.5 Å². The zero-order chi connectivity index (χ0) is 16.2. The molecule has 4 heterocycles. The predicted molar refractivity (Wildman–Crippen MR) is 87.9 cm³/mol. The second-order valence-electron chi connectivity index (χ2n) is 5.34. The van der Waals surface area contributed by atoms with Gasteiger partial charge in [0.25, 0.3) is 0 Å². The summed E-state index contributed by atoms with van der Waals surface area (Å²) in [5, 5.41) is 7.00. The van der Waals surface area contributed by atoms with E-state index in [1.807, 2.05) is 6.07 Å². The molecule has 0 fully saturated rings. The number of hydrogen-bond donors (Lipinski definition) is 1. The van der Waals surface area contributed by atoms with Crippen LogP contribution in [0, 0.1) is 0 Å². The Labute approximate surface area is 142 Å². The maximum absolute atomic E-state index is 5.07. The summed E-state index contributed by atoms with van der Waals surface area (Å²) >= 11 is 1.74. The van der Waals surface area contributed by atoms with Crippen LogP contribution in [-0.2, 0) is 19.6 Å². The summed E-state index contributed by atoms with van der Waals surface area (Å²) in [5.41, 5.74) is 2.82. The van der Waals surface area contributed by atoms with E-state index in [1.54, 1.807) is 30.1 Å². The van der Waals surface area contributed by atoms with Gasteiger partial charge in [-0.25, -0.2) is 9.97 Å². The van der Waals surface area contributed by atoms with Crippen molar-refractivity contribution in [3.05, 3.63) is 66.0 Å². The molecule has 0 aliphatic carbocycles. The molecule has 1 N–H and O–H groups in total. The molecular formula is C16H15N5O2S. The molecule has 7 nitrogen and oxygen atoms in total. The van der Waals surface area contributed by atoms with Gasteiger partial charge in [-0.15, -0.1) is 11.3 Å². The number of H-pyrrole nitrogens is 1. The number of nitrogens with one attached hydrogen (secondary N) is 1. The molecule has 8 heteroatoms. The number of aromatic nitrogens is 4. The third-order valence-corrected chi connectivity index (χ3v) is 4.65. The van der Waals surface area contributed by atoms with Crippen molar-refractivity contribution in [1.82, 2.24) is 25.1 Å². The summed E-state index contributed by atoms with van der Waals surface area (Å²) in [6.07, 6.45) is 7.99. The Morgan fingerprint density at radius 1 is 0.958 bits per heavy atom. The van der Waals surface area contributed by atoms with Gasteiger partial charge >= 0.3 is 0 Å². The van der Waals surface area contributed by atoms with Crippen LogP contribution in [0.2, 0.25) is 0 Å². The predicted octanol–water partition coefficient (Wildman–Crippen LogP) is 3.32. The summed E-state index contributed by atoms with van der Waals surface area (Å²) in [7, 11) is 0. The SMILES string of the molecule is c1cc(-c2ccc(CN(Cc3cocn3)Cc3cocn3)s2)[nH]n1. The topological polar surface area (TPSA) is 84.0 Å². The van der Waals surface area contributed by atoms with Crippen LogP contribution in [0.15, 0.2) is 58.5 Å². The maximum Gasteiger partial charge on any atom is 0.180 e. The van der Waals surface area contributed by atoms with Crippen LogP contribution in [0.3, 0.4) is 0 Å². The van der Waals surface area contributed by atoms with Crippen LogP contribution >= 0.6 is 11.3 Å². The van der Waals surface area contributed by atoms with Gasteiger partial charge in [-0.05, 0) is 18.2 Å². The van der Waals surface area contributed by atoms with Gasteiger partial charge in [-0.3, -0.25) is 10.00 Å². The first-order valence-corrected chi connectivity index (χ1v) is 8.23. The zero-order valence-electron chi connectivity index (χ0n) is 12.8. The quantitative estimate of drug-likeness (QED) is 0.555. The molecular weight excluding hydrogens is 326 g/mol. The molecule has 0 radical (unpaired) electrons. The van der Waals surface area contributed by atoms with Gasteiger partial charge in [0.1, 0.15) is 12.5 Å². The number of oxazole rings is 2. The molecule has 0 aliphatic rings. The summed E-state index contributed by atoms with van der Waals surface area (Å²) in [4.78, 5) is 13.1. The zero-order valence-corrected chi connectivity index (χ0v) is 13.6. The second kappa shape index (κ2) is 6.81. The van der Waals surface area contributed by atoms with E-state index in [2.05, 4.69) is 37.2 Å². The average Bonchev–Trinajstić information content (AvgIpc) is 3.37. The highest BCUT2D eigenvalue weighted by atomic mass is 32.1.